The summed E-state index contributed by atoms with van der Waals surface area (Å²) >= 11 is 0. The van der Waals surface area contributed by atoms with Crippen molar-refractivity contribution < 1.29 is 14.4 Å². The quantitative estimate of drug-likeness (QED) is 0.746. The van der Waals surface area contributed by atoms with E-state index in [1.807, 2.05) is 13.8 Å². The number of nitrogens with one attached hydrogen (secondary N) is 1. The molecule has 0 aromatic rings. The van der Waals surface area contributed by atoms with Crippen molar-refractivity contribution in [3.63, 3.8) is 0 Å². The molecule has 0 bridgehead atoms. The molecule has 1 aliphatic rings. The Morgan fingerprint density at radius 2 is 1.89 bits per heavy atom. The van der Waals surface area contributed by atoms with Crippen LogP contribution in [0.3, 0.4) is 0 Å². The zero-order valence-electron chi connectivity index (χ0n) is 11.4. The van der Waals surface area contributed by atoms with Crippen molar-refractivity contribution in [1.82, 2.24) is 10.2 Å². The van der Waals surface area contributed by atoms with Crippen LogP contribution < -0.4 is 5.32 Å². The number of rotatable bonds is 5. The molecule has 18 heavy (non-hydrogen) atoms. The summed E-state index contributed by atoms with van der Waals surface area (Å²) in [5, 5.41) is 2.25. The lowest BCUT2D eigenvalue weighted by atomic mass is 9.95. The fourth-order valence-electron chi connectivity index (χ4n) is 2.31. The van der Waals surface area contributed by atoms with Crippen molar-refractivity contribution in [2.75, 3.05) is 6.54 Å². The van der Waals surface area contributed by atoms with Gasteiger partial charge in [0.25, 0.3) is 0 Å². The molecule has 1 atom stereocenters. The highest BCUT2D eigenvalue weighted by Gasteiger charge is 2.35. The van der Waals surface area contributed by atoms with Gasteiger partial charge in [-0.1, -0.05) is 26.7 Å². The van der Waals surface area contributed by atoms with Crippen LogP contribution in [0.5, 0.6) is 0 Å². The Morgan fingerprint density at radius 1 is 1.33 bits per heavy atom. The summed E-state index contributed by atoms with van der Waals surface area (Å²) in [4.78, 5) is 36.7. The Labute approximate surface area is 108 Å². The van der Waals surface area contributed by atoms with Crippen LogP contribution in [0.1, 0.15) is 46.5 Å². The van der Waals surface area contributed by atoms with E-state index >= 15 is 0 Å². The van der Waals surface area contributed by atoms with Crippen molar-refractivity contribution in [2.45, 2.75) is 52.5 Å². The molecule has 1 aliphatic heterocycles. The number of carbonyl (C=O) groups excluding carboxylic acids is 3. The molecule has 1 saturated heterocycles. The van der Waals surface area contributed by atoms with Gasteiger partial charge in [0.15, 0.2) is 0 Å². The minimum atomic E-state index is -0.550. The van der Waals surface area contributed by atoms with E-state index in [1.165, 1.54) is 4.90 Å². The first kappa shape index (κ1) is 14.7. The minimum Gasteiger partial charge on any atom is -0.321 e. The van der Waals surface area contributed by atoms with Gasteiger partial charge < -0.3 is 4.90 Å². The number of piperazine rings is 1. The first-order valence-electron chi connectivity index (χ1n) is 6.65. The third-order valence-corrected chi connectivity index (χ3v) is 3.33. The van der Waals surface area contributed by atoms with Gasteiger partial charge in [0.1, 0.15) is 12.6 Å². The summed E-state index contributed by atoms with van der Waals surface area (Å²) in [6.07, 6.45) is 3.48. The lowest BCUT2D eigenvalue weighted by Crippen LogP contribution is -2.59. The van der Waals surface area contributed by atoms with E-state index in [4.69, 9.17) is 0 Å². The molecule has 5 heteroatoms. The maximum atomic E-state index is 12.4. The zero-order valence-corrected chi connectivity index (χ0v) is 11.4. The second-order valence-corrected chi connectivity index (χ2v) is 4.83. The molecule has 1 rings (SSSR count). The molecule has 0 saturated carbocycles. The molecular formula is C13H22N2O3. The Bertz CT molecular complexity index is 335. The third kappa shape index (κ3) is 3.31. The van der Waals surface area contributed by atoms with E-state index in [0.29, 0.717) is 0 Å². The fraction of sp³-hybridized carbons (Fsp3) is 0.769. The van der Waals surface area contributed by atoms with E-state index in [2.05, 4.69) is 5.32 Å². The van der Waals surface area contributed by atoms with Gasteiger partial charge in [0.05, 0.1) is 0 Å². The molecular weight excluding hydrogens is 232 g/mol. The number of amides is 3. The third-order valence-electron chi connectivity index (χ3n) is 3.33. The highest BCUT2D eigenvalue weighted by molar-refractivity contribution is 6.04. The standard InChI is InChI=1S/C13H22N2O3/c1-4-6-10(7-5-2)13(18)15-8-11(16)14-12(17)9(15)3/h9-10H,4-8H2,1-3H3,(H,14,16,17). The predicted molar refractivity (Wildman–Crippen MR) is 67.6 cm³/mol. The lowest BCUT2D eigenvalue weighted by molar-refractivity contribution is -0.151. The molecule has 3 amide bonds. The van der Waals surface area contributed by atoms with Crippen molar-refractivity contribution in [2.24, 2.45) is 5.92 Å². The average molecular weight is 254 g/mol. The van der Waals surface area contributed by atoms with Crippen LogP contribution in [0.2, 0.25) is 0 Å². The van der Waals surface area contributed by atoms with E-state index in [-0.39, 0.29) is 24.3 Å². The number of carbonyl (C=O) groups is 3. The number of hydrogen-bond acceptors (Lipinski definition) is 3. The molecule has 0 aromatic heterocycles. The van der Waals surface area contributed by atoms with Crippen LogP contribution in [0.25, 0.3) is 0 Å². The van der Waals surface area contributed by atoms with Crippen LogP contribution in [0, 0.1) is 5.92 Å². The van der Waals surface area contributed by atoms with E-state index in [0.717, 1.165) is 25.7 Å². The first-order chi connectivity index (χ1) is 8.51. The molecule has 0 aromatic carbocycles. The van der Waals surface area contributed by atoms with Gasteiger partial charge in [-0.15, -0.1) is 0 Å². The van der Waals surface area contributed by atoms with Crippen LogP contribution in [-0.2, 0) is 14.4 Å². The Hall–Kier alpha value is -1.39. The summed E-state index contributed by atoms with van der Waals surface area (Å²) in [5.41, 5.74) is 0. The van der Waals surface area contributed by atoms with Gasteiger partial charge in [-0.05, 0) is 19.8 Å². The highest BCUT2D eigenvalue weighted by atomic mass is 16.2. The normalized spacial score (nSPS) is 20.2. The van der Waals surface area contributed by atoms with E-state index in [9.17, 15) is 14.4 Å². The summed E-state index contributed by atoms with van der Waals surface area (Å²) in [6, 6.07) is -0.550. The van der Waals surface area contributed by atoms with E-state index in [1.54, 1.807) is 6.92 Å². The Kier molecular flexibility index (Phi) is 5.31. The summed E-state index contributed by atoms with van der Waals surface area (Å²) < 4.78 is 0. The van der Waals surface area contributed by atoms with Gasteiger partial charge >= 0.3 is 0 Å². The lowest BCUT2D eigenvalue weighted by Gasteiger charge is -2.34. The summed E-state index contributed by atoms with van der Waals surface area (Å²) in [6.45, 7) is 5.73. The van der Waals surface area contributed by atoms with Gasteiger partial charge in [-0.25, -0.2) is 0 Å². The second kappa shape index (κ2) is 6.52. The number of nitrogens with zero attached hydrogens (tertiary/aromatic N) is 1. The van der Waals surface area contributed by atoms with Gasteiger partial charge in [-0.2, -0.15) is 0 Å². The molecule has 0 spiro atoms. The molecule has 0 radical (unpaired) electrons. The topological polar surface area (TPSA) is 66.5 Å². The second-order valence-electron chi connectivity index (χ2n) is 4.83. The van der Waals surface area contributed by atoms with E-state index < -0.39 is 11.9 Å². The molecule has 1 N–H and O–H groups in total. The largest absolute Gasteiger partial charge is 0.321 e. The van der Waals surface area contributed by atoms with Crippen molar-refractivity contribution >= 4 is 17.7 Å². The monoisotopic (exact) mass is 254 g/mol. The predicted octanol–water partition coefficient (Wildman–Crippen LogP) is 1.08. The van der Waals surface area contributed by atoms with Crippen molar-refractivity contribution in [3.05, 3.63) is 0 Å². The van der Waals surface area contributed by atoms with Gasteiger partial charge in [0.2, 0.25) is 17.7 Å². The first-order valence-corrected chi connectivity index (χ1v) is 6.65. The Morgan fingerprint density at radius 3 is 2.39 bits per heavy atom. The fourth-order valence-corrected chi connectivity index (χ4v) is 2.31. The highest BCUT2D eigenvalue weighted by Crippen LogP contribution is 2.19. The van der Waals surface area contributed by atoms with Crippen LogP contribution in [-0.4, -0.2) is 35.2 Å². The number of hydrogen-bond donors (Lipinski definition) is 1. The van der Waals surface area contributed by atoms with Crippen LogP contribution in [0.15, 0.2) is 0 Å². The maximum Gasteiger partial charge on any atom is 0.249 e. The summed E-state index contributed by atoms with van der Waals surface area (Å²) in [7, 11) is 0. The zero-order chi connectivity index (χ0) is 13.7. The average Bonchev–Trinajstić information content (AvgIpc) is 2.32. The molecule has 0 aliphatic carbocycles. The molecule has 102 valence electrons. The number of imide groups is 1. The Balaban J connectivity index is 2.78. The van der Waals surface area contributed by atoms with Gasteiger partial charge in [-0.3, -0.25) is 19.7 Å². The summed E-state index contributed by atoms with van der Waals surface area (Å²) in [5.74, 6) is -0.903. The molecule has 5 nitrogen and oxygen atoms in total. The van der Waals surface area contributed by atoms with Gasteiger partial charge in [0, 0.05) is 5.92 Å². The van der Waals surface area contributed by atoms with Crippen LogP contribution >= 0.6 is 0 Å². The molecule has 1 unspecified atom stereocenters. The van der Waals surface area contributed by atoms with Crippen molar-refractivity contribution in [1.29, 1.82) is 0 Å². The van der Waals surface area contributed by atoms with Crippen molar-refractivity contribution in [3.8, 4) is 0 Å². The minimum absolute atomic E-state index is 0.00430. The molecule has 1 heterocycles. The smallest absolute Gasteiger partial charge is 0.249 e. The SMILES string of the molecule is CCCC(CCC)C(=O)N1CC(=O)NC(=O)C1C. The van der Waals surface area contributed by atoms with Crippen LogP contribution in [0.4, 0.5) is 0 Å². The maximum absolute atomic E-state index is 12.4. The molecule has 1 fully saturated rings.